The number of ether oxygens (including phenoxy) is 1. The van der Waals surface area contributed by atoms with E-state index >= 15 is 0 Å². The number of carboxylic acid groups (broad SMARTS) is 1. The van der Waals surface area contributed by atoms with Gasteiger partial charge in [-0.2, -0.15) is 0 Å². The first kappa shape index (κ1) is 17.6. The molecule has 7 heteroatoms. The summed E-state index contributed by atoms with van der Waals surface area (Å²) in [6.07, 6.45) is 0.557. The Hall–Kier alpha value is -1.73. The van der Waals surface area contributed by atoms with Gasteiger partial charge in [-0.15, -0.1) is 11.8 Å². The number of carbonyl (C=O) groups is 2. The van der Waals surface area contributed by atoms with E-state index in [0.29, 0.717) is 12.2 Å². The van der Waals surface area contributed by atoms with Crippen LogP contribution in [0.2, 0.25) is 0 Å². The van der Waals surface area contributed by atoms with Crippen molar-refractivity contribution >= 4 is 23.6 Å². The zero-order valence-corrected chi connectivity index (χ0v) is 13.8. The van der Waals surface area contributed by atoms with Crippen LogP contribution in [-0.2, 0) is 9.59 Å². The molecule has 0 saturated carbocycles. The highest BCUT2D eigenvalue weighted by Crippen LogP contribution is 2.25. The lowest BCUT2D eigenvalue weighted by molar-refractivity contribution is -0.165. The molecule has 126 valence electrons. The quantitative estimate of drug-likeness (QED) is 0.766. The fourth-order valence-corrected chi connectivity index (χ4v) is 3.27. The van der Waals surface area contributed by atoms with Gasteiger partial charge in [-0.3, -0.25) is 4.79 Å². The minimum atomic E-state index is -1.69. The second-order valence-electron chi connectivity index (χ2n) is 5.49. The number of amides is 1. The second kappa shape index (κ2) is 7.70. The number of carbonyl (C=O) groups excluding carboxylic acids is 1. The van der Waals surface area contributed by atoms with E-state index in [0.717, 1.165) is 10.6 Å². The summed E-state index contributed by atoms with van der Waals surface area (Å²) < 4.78 is 5.09. The molecular weight excluding hydrogens is 318 g/mol. The van der Waals surface area contributed by atoms with Crippen LogP contribution in [0.3, 0.4) is 0 Å². The number of hydrogen-bond acceptors (Lipinski definition) is 5. The van der Waals surface area contributed by atoms with Gasteiger partial charge in [-0.05, 0) is 24.3 Å². The first-order valence-electron chi connectivity index (χ1n) is 7.45. The Bertz CT molecular complexity index is 552. The molecular formula is C16H21NO5S. The van der Waals surface area contributed by atoms with Gasteiger partial charge in [0, 0.05) is 43.0 Å². The number of nitrogens with zero attached hydrogens (tertiary/aromatic N) is 1. The first-order valence-corrected chi connectivity index (χ1v) is 8.43. The van der Waals surface area contributed by atoms with Crippen molar-refractivity contribution in [2.75, 3.05) is 26.0 Å². The number of rotatable bonds is 6. The Morgan fingerprint density at radius 2 is 1.87 bits per heavy atom. The van der Waals surface area contributed by atoms with Crippen molar-refractivity contribution in [1.82, 2.24) is 4.90 Å². The van der Waals surface area contributed by atoms with Gasteiger partial charge in [-0.1, -0.05) is 0 Å². The molecule has 1 saturated heterocycles. The number of likely N-dealkylation sites (tertiary alicyclic amines) is 1. The molecule has 0 unspecified atom stereocenters. The van der Waals surface area contributed by atoms with Crippen molar-refractivity contribution in [3.63, 3.8) is 0 Å². The van der Waals surface area contributed by atoms with Crippen LogP contribution in [-0.4, -0.2) is 58.5 Å². The summed E-state index contributed by atoms with van der Waals surface area (Å²) in [7, 11) is 1.62. The topological polar surface area (TPSA) is 87.1 Å². The second-order valence-corrected chi connectivity index (χ2v) is 6.66. The van der Waals surface area contributed by atoms with E-state index in [1.807, 2.05) is 24.3 Å². The highest BCUT2D eigenvalue weighted by atomic mass is 32.2. The van der Waals surface area contributed by atoms with Crippen molar-refractivity contribution in [1.29, 1.82) is 0 Å². The predicted octanol–water partition coefficient (Wildman–Crippen LogP) is 1.62. The molecule has 23 heavy (non-hydrogen) atoms. The summed E-state index contributed by atoms with van der Waals surface area (Å²) in [5.41, 5.74) is -1.69. The number of aliphatic carboxylic acids is 1. The Morgan fingerprint density at radius 1 is 1.26 bits per heavy atom. The Labute approximate surface area is 139 Å². The third-order valence-corrected chi connectivity index (χ3v) is 5.00. The SMILES string of the molecule is COc1ccc(SCCC(=O)N2CCC(O)(C(=O)O)CC2)cc1. The molecule has 1 fully saturated rings. The van der Waals surface area contributed by atoms with Gasteiger partial charge < -0.3 is 19.8 Å². The van der Waals surface area contributed by atoms with Gasteiger partial charge in [-0.25, -0.2) is 4.79 Å². The molecule has 1 aromatic carbocycles. The molecule has 0 radical (unpaired) electrons. The van der Waals surface area contributed by atoms with Crippen LogP contribution in [0, 0.1) is 0 Å². The summed E-state index contributed by atoms with van der Waals surface area (Å²) in [5, 5.41) is 18.8. The largest absolute Gasteiger partial charge is 0.497 e. The Balaban J connectivity index is 1.74. The summed E-state index contributed by atoms with van der Waals surface area (Å²) in [4.78, 5) is 25.8. The Morgan fingerprint density at radius 3 is 2.39 bits per heavy atom. The monoisotopic (exact) mass is 339 g/mol. The summed E-state index contributed by atoms with van der Waals surface area (Å²) in [6.45, 7) is 0.573. The van der Waals surface area contributed by atoms with Crippen molar-refractivity contribution in [2.24, 2.45) is 0 Å². The fraction of sp³-hybridized carbons (Fsp3) is 0.500. The molecule has 1 amide bonds. The highest BCUT2D eigenvalue weighted by molar-refractivity contribution is 7.99. The predicted molar refractivity (Wildman–Crippen MR) is 86.7 cm³/mol. The minimum absolute atomic E-state index is 0.00143. The zero-order chi connectivity index (χ0) is 16.9. The van der Waals surface area contributed by atoms with Gasteiger partial charge in [0.15, 0.2) is 5.60 Å². The number of thioether (sulfide) groups is 1. The molecule has 0 aliphatic carbocycles. The average Bonchev–Trinajstić information content (AvgIpc) is 2.56. The fourth-order valence-electron chi connectivity index (χ4n) is 2.43. The molecule has 6 nitrogen and oxygen atoms in total. The lowest BCUT2D eigenvalue weighted by atomic mass is 9.91. The normalized spacial score (nSPS) is 16.9. The average molecular weight is 339 g/mol. The summed E-state index contributed by atoms with van der Waals surface area (Å²) in [5.74, 6) is 0.243. The molecule has 0 spiro atoms. The molecule has 2 rings (SSSR count). The minimum Gasteiger partial charge on any atom is -0.497 e. The summed E-state index contributed by atoms with van der Waals surface area (Å²) >= 11 is 1.59. The van der Waals surface area contributed by atoms with E-state index in [-0.39, 0.29) is 31.8 Å². The lowest BCUT2D eigenvalue weighted by Gasteiger charge is -2.35. The third-order valence-electron chi connectivity index (χ3n) is 3.99. The van der Waals surface area contributed by atoms with Crippen LogP contribution in [0.25, 0.3) is 0 Å². The number of hydrogen-bond donors (Lipinski definition) is 2. The zero-order valence-electron chi connectivity index (χ0n) is 13.0. The number of benzene rings is 1. The van der Waals surface area contributed by atoms with Crippen LogP contribution in [0.5, 0.6) is 5.75 Å². The number of carboxylic acids is 1. The molecule has 1 aromatic rings. The van der Waals surface area contributed by atoms with E-state index in [9.17, 15) is 14.7 Å². The smallest absolute Gasteiger partial charge is 0.335 e. The van der Waals surface area contributed by atoms with E-state index in [1.54, 1.807) is 23.8 Å². The van der Waals surface area contributed by atoms with Crippen molar-refractivity contribution in [3.05, 3.63) is 24.3 Å². The maximum absolute atomic E-state index is 12.1. The van der Waals surface area contributed by atoms with Gasteiger partial charge in [0.25, 0.3) is 0 Å². The van der Waals surface area contributed by atoms with Crippen LogP contribution in [0.15, 0.2) is 29.2 Å². The number of aliphatic hydroxyl groups is 1. The van der Waals surface area contributed by atoms with E-state index in [4.69, 9.17) is 9.84 Å². The lowest BCUT2D eigenvalue weighted by Crippen LogP contribution is -2.50. The van der Waals surface area contributed by atoms with Gasteiger partial charge in [0.2, 0.25) is 5.91 Å². The van der Waals surface area contributed by atoms with Crippen molar-refractivity contribution in [2.45, 2.75) is 29.8 Å². The standard InChI is InChI=1S/C16H21NO5S/c1-22-12-2-4-13(5-3-12)23-11-6-14(18)17-9-7-16(21,8-10-17)15(19)20/h2-5,21H,6-11H2,1H3,(H,19,20). The van der Waals surface area contributed by atoms with Crippen molar-refractivity contribution < 1.29 is 24.5 Å². The van der Waals surface area contributed by atoms with Crippen LogP contribution < -0.4 is 4.74 Å². The molecule has 1 aliphatic heterocycles. The number of methoxy groups -OCH3 is 1. The summed E-state index contributed by atoms with van der Waals surface area (Å²) in [6, 6.07) is 7.65. The van der Waals surface area contributed by atoms with Gasteiger partial charge in [0.05, 0.1) is 7.11 Å². The molecule has 0 bridgehead atoms. The van der Waals surface area contributed by atoms with E-state index in [1.165, 1.54) is 0 Å². The van der Waals surface area contributed by atoms with Crippen molar-refractivity contribution in [3.8, 4) is 5.75 Å². The molecule has 1 aliphatic rings. The van der Waals surface area contributed by atoms with E-state index < -0.39 is 11.6 Å². The molecule has 0 aromatic heterocycles. The van der Waals surface area contributed by atoms with E-state index in [2.05, 4.69) is 0 Å². The maximum Gasteiger partial charge on any atom is 0.335 e. The molecule has 2 N–H and O–H groups in total. The highest BCUT2D eigenvalue weighted by Gasteiger charge is 2.40. The molecule has 0 atom stereocenters. The van der Waals surface area contributed by atoms with Crippen LogP contribution in [0.4, 0.5) is 0 Å². The molecule has 1 heterocycles. The third kappa shape index (κ3) is 4.62. The van der Waals surface area contributed by atoms with Gasteiger partial charge in [0.1, 0.15) is 5.75 Å². The van der Waals surface area contributed by atoms with Crippen LogP contribution in [0.1, 0.15) is 19.3 Å². The van der Waals surface area contributed by atoms with Crippen LogP contribution >= 0.6 is 11.8 Å². The van der Waals surface area contributed by atoms with Gasteiger partial charge >= 0.3 is 5.97 Å². The number of piperidine rings is 1. The maximum atomic E-state index is 12.1. The first-order chi connectivity index (χ1) is 10.9. The Kier molecular flexibility index (Phi) is 5.90.